The summed E-state index contributed by atoms with van der Waals surface area (Å²) in [5.41, 5.74) is 0.669. The van der Waals surface area contributed by atoms with Gasteiger partial charge in [0.05, 0.1) is 17.1 Å². The number of hydrogen-bond acceptors (Lipinski definition) is 6. The van der Waals surface area contributed by atoms with Crippen LogP contribution in [0, 0.1) is 16.7 Å². The molecule has 2 atom stereocenters. The fourth-order valence-electron chi connectivity index (χ4n) is 3.60. The van der Waals surface area contributed by atoms with Crippen LogP contribution in [0.5, 0.6) is 0 Å². The maximum Gasteiger partial charge on any atom is 0.265 e. The third-order valence-electron chi connectivity index (χ3n) is 4.86. The van der Waals surface area contributed by atoms with E-state index in [1.807, 2.05) is 37.3 Å². The number of nitrogens with zero attached hydrogens (tertiary/aromatic N) is 2. The van der Waals surface area contributed by atoms with Crippen molar-refractivity contribution in [1.82, 2.24) is 0 Å². The fraction of sp³-hybridized carbons (Fsp3) is 0.333. The van der Waals surface area contributed by atoms with Crippen LogP contribution in [0.4, 0.5) is 5.69 Å². The molecule has 1 aliphatic heterocycles. The van der Waals surface area contributed by atoms with Gasteiger partial charge >= 0.3 is 0 Å². The molecule has 0 aromatic heterocycles. The molecule has 1 aromatic rings. The van der Waals surface area contributed by atoms with Crippen molar-refractivity contribution in [3.05, 3.63) is 53.3 Å². The van der Waals surface area contributed by atoms with E-state index in [1.54, 1.807) is 4.90 Å². The van der Waals surface area contributed by atoms with Crippen molar-refractivity contribution in [2.45, 2.75) is 24.1 Å². The standard InChI is InChI=1S/C18H19N3O4S2/c1-18-15(9-13(22)10-16(18)26-7-8-27(23,24)25)14(11-19)17(20)21(18)12-5-3-2-4-6-12/h2-6,9,16,20,22H,7-8,10H2,1H3,(H,23,24,25)/t16-,18+/m0/s1. The molecule has 2 aliphatic rings. The highest BCUT2D eigenvalue weighted by molar-refractivity contribution is 8.00. The average Bonchev–Trinajstić information content (AvgIpc) is 2.81. The van der Waals surface area contributed by atoms with Crippen LogP contribution in [0.25, 0.3) is 0 Å². The van der Waals surface area contributed by atoms with E-state index in [2.05, 4.69) is 6.07 Å². The van der Waals surface area contributed by atoms with Crippen molar-refractivity contribution in [2.75, 3.05) is 16.4 Å². The predicted molar refractivity (Wildman–Crippen MR) is 106 cm³/mol. The zero-order chi connectivity index (χ0) is 19.8. The Morgan fingerprint density at radius 1 is 1.41 bits per heavy atom. The van der Waals surface area contributed by atoms with Gasteiger partial charge in [-0.25, -0.2) is 0 Å². The Bertz CT molecular complexity index is 980. The maximum atomic E-state index is 11.1. The molecule has 0 saturated heterocycles. The molecule has 0 fully saturated rings. The van der Waals surface area contributed by atoms with E-state index in [-0.39, 0.29) is 34.6 Å². The van der Waals surface area contributed by atoms with E-state index in [0.29, 0.717) is 5.57 Å². The second-order valence-corrected chi connectivity index (χ2v) is 9.44. The van der Waals surface area contributed by atoms with Gasteiger partial charge in [0.25, 0.3) is 10.1 Å². The summed E-state index contributed by atoms with van der Waals surface area (Å²) in [6.07, 6.45) is 1.81. The van der Waals surface area contributed by atoms with Crippen LogP contribution < -0.4 is 4.90 Å². The van der Waals surface area contributed by atoms with E-state index in [1.165, 1.54) is 17.8 Å². The SMILES string of the molecule is C[C@]12C(=C(C#N)C(=N)N1c1ccccc1)C=C(O)C[C@@H]2SCCS(=O)(=O)O. The van der Waals surface area contributed by atoms with Gasteiger partial charge in [0.1, 0.15) is 17.5 Å². The van der Waals surface area contributed by atoms with E-state index in [9.17, 15) is 18.8 Å². The molecule has 3 rings (SSSR count). The number of nitriles is 1. The first-order valence-corrected chi connectivity index (χ1v) is 10.9. The molecular weight excluding hydrogens is 386 g/mol. The van der Waals surface area contributed by atoms with Crippen LogP contribution in [0.15, 0.2) is 53.3 Å². The number of nitrogens with one attached hydrogen (secondary N) is 1. The van der Waals surface area contributed by atoms with Crippen molar-refractivity contribution < 1.29 is 18.1 Å². The topological polar surface area (TPSA) is 125 Å². The molecular formula is C18H19N3O4S2. The zero-order valence-electron chi connectivity index (χ0n) is 14.6. The highest BCUT2D eigenvalue weighted by Gasteiger charge is 2.53. The number of aliphatic hydroxyl groups is 1. The summed E-state index contributed by atoms with van der Waals surface area (Å²) in [6.45, 7) is 1.89. The molecule has 0 bridgehead atoms. The minimum absolute atomic E-state index is 0.0486. The van der Waals surface area contributed by atoms with E-state index < -0.39 is 21.4 Å². The minimum atomic E-state index is -4.09. The number of allylic oxidation sites excluding steroid dienone is 1. The summed E-state index contributed by atoms with van der Waals surface area (Å²) in [5, 5.41) is 28.0. The van der Waals surface area contributed by atoms with Crippen molar-refractivity contribution in [3.8, 4) is 6.07 Å². The Kier molecular flexibility index (Phi) is 5.08. The summed E-state index contributed by atoms with van der Waals surface area (Å²) in [5.74, 6) is -0.131. The number of para-hydroxylation sites is 1. The number of benzene rings is 1. The van der Waals surface area contributed by atoms with Gasteiger partial charge in [-0.1, -0.05) is 18.2 Å². The maximum absolute atomic E-state index is 11.1. The van der Waals surface area contributed by atoms with Gasteiger partial charge < -0.3 is 10.0 Å². The van der Waals surface area contributed by atoms with Crippen molar-refractivity contribution >= 4 is 33.4 Å². The summed E-state index contributed by atoms with van der Waals surface area (Å²) >= 11 is 1.29. The Morgan fingerprint density at radius 2 is 2.07 bits per heavy atom. The summed E-state index contributed by atoms with van der Waals surface area (Å²) in [6, 6.07) is 11.3. The second kappa shape index (κ2) is 7.03. The number of anilines is 1. The molecule has 142 valence electrons. The van der Waals surface area contributed by atoms with E-state index >= 15 is 0 Å². The van der Waals surface area contributed by atoms with E-state index in [0.717, 1.165) is 5.69 Å². The monoisotopic (exact) mass is 405 g/mol. The van der Waals surface area contributed by atoms with Gasteiger partial charge in [-0.3, -0.25) is 9.96 Å². The molecule has 1 aliphatic carbocycles. The van der Waals surface area contributed by atoms with Crippen LogP contribution in [0.2, 0.25) is 0 Å². The molecule has 3 N–H and O–H groups in total. The zero-order valence-corrected chi connectivity index (χ0v) is 16.2. The van der Waals surface area contributed by atoms with Gasteiger partial charge in [0, 0.05) is 28.7 Å². The Hall–Kier alpha value is -2.28. The largest absolute Gasteiger partial charge is 0.512 e. The number of rotatable bonds is 5. The Morgan fingerprint density at radius 3 is 2.67 bits per heavy atom. The second-order valence-electron chi connectivity index (χ2n) is 6.55. The molecule has 1 aromatic carbocycles. The van der Waals surface area contributed by atoms with Crippen molar-refractivity contribution in [3.63, 3.8) is 0 Å². The number of aliphatic hydroxyl groups excluding tert-OH is 1. The Labute approximate surface area is 162 Å². The lowest BCUT2D eigenvalue weighted by Crippen LogP contribution is -2.54. The highest BCUT2D eigenvalue weighted by Crippen LogP contribution is 2.49. The quantitative estimate of drug-likeness (QED) is 0.643. The summed E-state index contributed by atoms with van der Waals surface area (Å²) in [4.78, 5) is 1.76. The summed E-state index contributed by atoms with van der Waals surface area (Å²) < 4.78 is 31.1. The molecule has 0 spiro atoms. The summed E-state index contributed by atoms with van der Waals surface area (Å²) in [7, 11) is -4.09. The lowest BCUT2D eigenvalue weighted by atomic mass is 9.81. The first-order chi connectivity index (χ1) is 12.7. The number of thioether (sulfide) groups is 1. The molecule has 0 radical (unpaired) electrons. The molecule has 9 heteroatoms. The van der Waals surface area contributed by atoms with Crippen LogP contribution in [-0.4, -0.2) is 46.2 Å². The van der Waals surface area contributed by atoms with E-state index in [4.69, 9.17) is 9.96 Å². The molecule has 0 saturated carbocycles. The van der Waals surface area contributed by atoms with Crippen LogP contribution in [0.3, 0.4) is 0 Å². The number of fused-ring (bicyclic) bond motifs is 1. The fourth-order valence-corrected chi connectivity index (χ4v) is 5.96. The minimum Gasteiger partial charge on any atom is -0.512 e. The molecule has 0 unspecified atom stereocenters. The normalized spacial score (nSPS) is 25.2. The van der Waals surface area contributed by atoms with Crippen LogP contribution >= 0.6 is 11.8 Å². The molecule has 0 amide bonds. The number of hydrogen-bond donors (Lipinski definition) is 3. The first-order valence-electron chi connectivity index (χ1n) is 8.24. The molecule has 1 heterocycles. The third-order valence-corrected chi connectivity index (χ3v) is 7.30. The van der Waals surface area contributed by atoms with Crippen LogP contribution in [0.1, 0.15) is 13.3 Å². The van der Waals surface area contributed by atoms with Crippen molar-refractivity contribution in [1.29, 1.82) is 10.7 Å². The van der Waals surface area contributed by atoms with Gasteiger partial charge in [0.2, 0.25) is 0 Å². The average molecular weight is 406 g/mol. The number of amidine groups is 1. The highest BCUT2D eigenvalue weighted by atomic mass is 32.2. The van der Waals surface area contributed by atoms with Gasteiger partial charge in [-0.2, -0.15) is 25.4 Å². The van der Waals surface area contributed by atoms with Gasteiger partial charge in [0.15, 0.2) is 0 Å². The first kappa shape index (κ1) is 19.5. The lowest BCUT2D eigenvalue weighted by Gasteiger charge is -2.45. The van der Waals surface area contributed by atoms with Gasteiger partial charge in [-0.15, -0.1) is 0 Å². The smallest absolute Gasteiger partial charge is 0.265 e. The third kappa shape index (κ3) is 3.48. The molecule has 27 heavy (non-hydrogen) atoms. The lowest BCUT2D eigenvalue weighted by molar-refractivity contribution is 0.356. The van der Waals surface area contributed by atoms with Crippen molar-refractivity contribution in [2.24, 2.45) is 0 Å². The predicted octanol–water partition coefficient (Wildman–Crippen LogP) is 2.90. The van der Waals surface area contributed by atoms with Gasteiger partial charge in [-0.05, 0) is 25.1 Å². The van der Waals surface area contributed by atoms with Crippen LogP contribution in [-0.2, 0) is 10.1 Å². The molecule has 7 nitrogen and oxygen atoms in total. The Balaban J connectivity index is 2.06.